The molecule has 8 heteroatoms. The molecule has 0 unspecified atom stereocenters. The molecule has 1 aromatic heterocycles. The average molecular weight is 410 g/mol. The fraction of sp³-hybridized carbons (Fsp3) is 0.143. The Kier molecular flexibility index (Phi) is 6.46. The van der Waals surface area contributed by atoms with E-state index in [1.54, 1.807) is 73.1 Å². The van der Waals surface area contributed by atoms with Crippen LogP contribution in [-0.2, 0) is 16.4 Å². The van der Waals surface area contributed by atoms with Crippen LogP contribution in [0.1, 0.15) is 12.5 Å². The summed E-state index contributed by atoms with van der Waals surface area (Å²) in [6, 6.07) is 16.8. The summed E-state index contributed by atoms with van der Waals surface area (Å²) >= 11 is 0. The predicted molar refractivity (Wildman–Crippen MR) is 113 cm³/mol. The summed E-state index contributed by atoms with van der Waals surface area (Å²) in [7, 11) is -3.68. The second kappa shape index (κ2) is 9.20. The smallest absolute Gasteiger partial charge is 0.210 e. The zero-order valence-electron chi connectivity index (χ0n) is 15.9. The Balaban J connectivity index is 1.74. The molecule has 0 aliphatic heterocycles. The van der Waals surface area contributed by atoms with Gasteiger partial charge in [-0.15, -0.1) is 0 Å². The molecule has 0 saturated heterocycles. The molecule has 150 valence electrons. The summed E-state index contributed by atoms with van der Waals surface area (Å²) < 4.78 is 31.4. The third-order valence-corrected chi connectivity index (χ3v) is 5.87. The lowest BCUT2D eigenvalue weighted by atomic mass is 10.2. The molecule has 0 atom stereocenters. The largest absolute Gasteiger partial charge is 0.493 e. The maximum Gasteiger partial charge on any atom is 0.210 e. The minimum absolute atomic E-state index is 0.151. The molecular weight excluding hydrogens is 388 g/mol. The van der Waals surface area contributed by atoms with Gasteiger partial charge in [0.05, 0.1) is 18.0 Å². The maximum atomic E-state index is 13.0. The summed E-state index contributed by atoms with van der Waals surface area (Å²) in [5, 5.41) is 2.97. The maximum absolute atomic E-state index is 13.0. The highest BCUT2D eigenvalue weighted by Gasteiger charge is 2.21. The van der Waals surface area contributed by atoms with E-state index in [0.717, 1.165) is 11.3 Å². The van der Waals surface area contributed by atoms with E-state index in [2.05, 4.69) is 15.3 Å². The third-order valence-electron chi connectivity index (χ3n) is 4.06. The standard InChI is InChI=1S/C21H22N4O3S/c1-2-28-19-5-3-4-6-20(19)29(26,27)18-9-7-16(8-10-18)15-24-21(22)25-17-11-13-23-14-12-17/h3-14H,2,15H2,1H3,(H3,22,23,24,25). The van der Waals surface area contributed by atoms with Crippen LogP contribution in [-0.4, -0.2) is 26.0 Å². The molecule has 0 fully saturated rings. The molecule has 0 saturated carbocycles. The van der Waals surface area contributed by atoms with Crippen LogP contribution in [0.25, 0.3) is 0 Å². The van der Waals surface area contributed by atoms with Gasteiger partial charge in [0.25, 0.3) is 0 Å². The number of para-hydroxylation sites is 1. The van der Waals surface area contributed by atoms with Gasteiger partial charge in [-0.2, -0.15) is 0 Å². The number of anilines is 1. The highest BCUT2D eigenvalue weighted by Crippen LogP contribution is 2.29. The molecule has 0 bridgehead atoms. The zero-order valence-corrected chi connectivity index (χ0v) is 16.8. The lowest BCUT2D eigenvalue weighted by molar-refractivity contribution is 0.331. The SMILES string of the molecule is CCOc1ccccc1S(=O)(=O)c1ccc(CN=C(N)Nc2ccncc2)cc1. The molecule has 0 aliphatic rings. The van der Waals surface area contributed by atoms with Crippen LogP contribution in [0, 0.1) is 0 Å². The van der Waals surface area contributed by atoms with Crippen molar-refractivity contribution in [2.24, 2.45) is 10.7 Å². The van der Waals surface area contributed by atoms with Gasteiger partial charge in [0, 0.05) is 18.1 Å². The Morgan fingerprint density at radius 2 is 1.76 bits per heavy atom. The molecule has 0 aliphatic carbocycles. The van der Waals surface area contributed by atoms with Crippen LogP contribution in [0.5, 0.6) is 5.75 Å². The molecule has 0 amide bonds. The number of sulfone groups is 1. The number of aliphatic imine (C=N–C) groups is 1. The number of rotatable bonds is 7. The topological polar surface area (TPSA) is 107 Å². The third kappa shape index (κ3) is 5.11. The highest BCUT2D eigenvalue weighted by molar-refractivity contribution is 7.91. The van der Waals surface area contributed by atoms with Gasteiger partial charge in [-0.1, -0.05) is 24.3 Å². The number of hydrogen-bond donors (Lipinski definition) is 2. The van der Waals surface area contributed by atoms with Crippen LogP contribution in [0.3, 0.4) is 0 Å². The Morgan fingerprint density at radius 3 is 2.45 bits per heavy atom. The van der Waals surface area contributed by atoms with E-state index in [1.807, 2.05) is 6.92 Å². The zero-order chi connectivity index (χ0) is 20.7. The van der Waals surface area contributed by atoms with Gasteiger partial charge in [0.15, 0.2) is 5.96 Å². The number of hydrogen-bond acceptors (Lipinski definition) is 5. The average Bonchev–Trinajstić information content (AvgIpc) is 2.74. The van der Waals surface area contributed by atoms with Gasteiger partial charge in [-0.3, -0.25) is 4.98 Å². The minimum Gasteiger partial charge on any atom is -0.493 e. The van der Waals surface area contributed by atoms with Crippen LogP contribution in [0.4, 0.5) is 5.69 Å². The quantitative estimate of drug-likeness (QED) is 0.457. The monoisotopic (exact) mass is 410 g/mol. The van der Waals surface area contributed by atoms with Crippen LogP contribution >= 0.6 is 0 Å². The van der Waals surface area contributed by atoms with Gasteiger partial charge in [0.1, 0.15) is 10.6 Å². The van der Waals surface area contributed by atoms with Gasteiger partial charge in [-0.25, -0.2) is 13.4 Å². The Hall–Kier alpha value is -3.39. The summed E-state index contributed by atoms with van der Waals surface area (Å²) in [5.41, 5.74) is 7.50. The number of ether oxygens (including phenoxy) is 1. The van der Waals surface area contributed by atoms with Crippen molar-refractivity contribution in [1.82, 2.24) is 4.98 Å². The predicted octanol–water partition coefficient (Wildman–Crippen LogP) is 3.24. The van der Waals surface area contributed by atoms with E-state index < -0.39 is 9.84 Å². The molecule has 3 N–H and O–H groups in total. The lowest BCUT2D eigenvalue weighted by Gasteiger charge is -2.11. The summed E-state index contributed by atoms with van der Waals surface area (Å²) in [6.07, 6.45) is 3.30. The van der Waals surface area contributed by atoms with E-state index in [0.29, 0.717) is 18.9 Å². The van der Waals surface area contributed by atoms with E-state index in [-0.39, 0.29) is 15.8 Å². The van der Waals surface area contributed by atoms with Crippen molar-refractivity contribution in [1.29, 1.82) is 0 Å². The van der Waals surface area contributed by atoms with E-state index in [4.69, 9.17) is 10.5 Å². The summed E-state index contributed by atoms with van der Waals surface area (Å²) in [6.45, 7) is 2.52. The van der Waals surface area contributed by atoms with E-state index in [1.165, 1.54) is 0 Å². The highest BCUT2D eigenvalue weighted by atomic mass is 32.2. The van der Waals surface area contributed by atoms with Crippen LogP contribution in [0.2, 0.25) is 0 Å². The number of nitrogens with two attached hydrogens (primary N) is 1. The van der Waals surface area contributed by atoms with Crippen molar-refractivity contribution in [3.8, 4) is 5.75 Å². The number of nitrogens with zero attached hydrogens (tertiary/aromatic N) is 2. The molecule has 3 rings (SSSR count). The number of benzene rings is 2. The fourth-order valence-electron chi connectivity index (χ4n) is 2.65. The first-order valence-electron chi connectivity index (χ1n) is 9.03. The van der Waals surface area contributed by atoms with Gasteiger partial charge in [-0.05, 0) is 48.9 Å². The molecule has 7 nitrogen and oxygen atoms in total. The molecule has 2 aromatic carbocycles. The Morgan fingerprint density at radius 1 is 1.07 bits per heavy atom. The number of nitrogens with one attached hydrogen (secondary N) is 1. The lowest BCUT2D eigenvalue weighted by Crippen LogP contribution is -2.22. The van der Waals surface area contributed by atoms with Crippen molar-refractivity contribution in [2.45, 2.75) is 23.3 Å². The van der Waals surface area contributed by atoms with Crippen molar-refractivity contribution in [3.05, 3.63) is 78.6 Å². The Bertz CT molecular complexity index is 1080. The molecular formula is C21H22N4O3S. The molecule has 29 heavy (non-hydrogen) atoms. The summed E-state index contributed by atoms with van der Waals surface area (Å²) in [5.74, 6) is 0.608. The number of guanidine groups is 1. The molecule has 3 aromatic rings. The number of aromatic nitrogens is 1. The minimum atomic E-state index is -3.68. The van der Waals surface area contributed by atoms with Gasteiger partial charge in [0.2, 0.25) is 9.84 Å². The van der Waals surface area contributed by atoms with Gasteiger partial charge < -0.3 is 15.8 Å². The van der Waals surface area contributed by atoms with Crippen LogP contribution < -0.4 is 15.8 Å². The van der Waals surface area contributed by atoms with Crippen molar-refractivity contribution in [3.63, 3.8) is 0 Å². The van der Waals surface area contributed by atoms with Gasteiger partial charge >= 0.3 is 0 Å². The molecule has 0 radical (unpaired) electrons. The van der Waals surface area contributed by atoms with Crippen LogP contribution in [0.15, 0.2) is 87.8 Å². The van der Waals surface area contributed by atoms with Crippen molar-refractivity contribution < 1.29 is 13.2 Å². The van der Waals surface area contributed by atoms with Crippen molar-refractivity contribution >= 4 is 21.5 Å². The second-order valence-electron chi connectivity index (χ2n) is 6.09. The summed E-state index contributed by atoms with van der Waals surface area (Å²) in [4.78, 5) is 8.55. The molecule has 0 spiro atoms. The van der Waals surface area contributed by atoms with E-state index >= 15 is 0 Å². The Labute approximate surface area is 170 Å². The van der Waals surface area contributed by atoms with Crippen molar-refractivity contribution in [2.75, 3.05) is 11.9 Å². The first kappa shape index (κ1) is 20.3. The first-order valence-corrected chi connectivity index (χ1v) is 10.5. The normalized spacial score (nSPS) is 11.8. The first-order chi connectivity index (χ1) is 14.0. The fourth-order valence-corrected chi connectivity index (χ4v) is 4.04. The van der Waals surface area contributed by atoms with E-state index in [9.17, 15) is 8.42 Å². The molecule has 1 heterocycles. The number of pyridine rings is 1. The second-order valence-corrected chi connectivity index (χ2v) is 8.01.